The number of hydrogen-bond acceptors (Lipinski definition) is 4. The lowest BCUT2D eigenvalue weighted by atomic mass is 9.97. The zero-order valence-corrected chi connectivity index (χ0v) is 17.0. The number of hydrogen-bond donors (Lipinski definition) is 1. The molecule has 1 saturated heterocycles. The first kappa shape index (κ1) is 20.5. The van der Waals surface area contributed by atoms with Gasteiger partial charge in [-0.25, -0.2) is 12.7 Å². The summed E-state index contributed by atoms with van der Waals surface area (Å²) in [6.45, 7) is 0.740. The average Bonchev–Trinajstić information content (AvgIpc) is 2.68. The second-order valence-corrected chi connectivity index (χ2v) is 9.21. The SMILES string of the molecule is CS(=O)(=O)N1CCC(NC(=O)c2ccccc2C(=O)c2ccc(Cl)cc2)CC1. The molecule has 0 aromatic heterocycles. The zero-order chi connectivity index (χ0) is 20.3. The van der Waals surface area contributed by atoms with Crippen LogP contribution in [0.25, 0.3) is 0 Å². The van der Waals surface area contributed by atoms with E-state index in [2.05, 4.69) is 5.32 Å². The fourth-order valence-electron chi connectivity index (χ4n) is 3.23. The van der Waals surface area contributed by atoms with Crippen LogP contribution in [0.4, 0.5) is 0 Å². The van der Waals surface area contributed by atoms with Crippen LogP contribution < -0.4 is 5.32 Å². The van der Waals surface area contributed by atoms with E-state index >= 15 is 0 Å². The molecule has 8 heteroatoms. The molecule has 0 saturated carbocycles. The van der Waals surface area contributed by atoms with E-state index in [0.717, 1.165) is 0 Å². The molecule has 1 aliphatic heterocycles. The summed E-state index contributed by atoms with van der Waals surface area (Å²) in [4.78, 5) is 25.6. The Bertz CT molecular complexity index is 982. The Labute approximate surface area is 169 Å². The Morgan fingerprint density at radius 1 is 1.00 bits per heavy atom. The minimum absolute atomic E-state index is 0.135. The second kappa shape index (κ2) is 8.43. The third-order valence-electron chi connectivity index (χ3n) is 4.78. The van der Waals surface area contributed by atoms with E-state index < -0.39 is 10.0 Å². The smallest absolute Gasteiger partial charge is 0.252 e. The van der Waals surface area contributed by atoms with Gasteiger partial charge in [0.15, 0.2) is 5.78 Å². The summed E-state index contributed by atoms with van der Waals surface area (Å²) in [7, 11) is -3.22. The molecule has 1 amide bonds. The molecular weight excluding hydrogens is 400 g/mol. The Balaban J connectivity index is 1.73. The Morgan fingerprint density at radius 3 is 2.14 bits per heavy atom. The van der Waals surface area contributed by atoms with Gasteiger partial charge in [0.2, 0.25) is 10.0 Å². The summed E-state index contributed by atoms with van der Waals surface area (Å²) in [6.07, 6.45) is 2.25. The first-order chi connectivity index (χ1) is 13.3. The fourth-order valence-corrected chi connectivity index (χ4v) is 4.23. The fraction of sp³-hybridized carbons (Fsp3) is 0.300. The van der Waals surface area contributed by atoms with E-state index in [4.69, 9.17) is 11.6 Å². The van der Waals surface area contributed by atoms with E-state index in [1.54, 1.807) is 48.5 Å². The van der Waals surface area contributed by atoms with E-state index in [9.17, 15) is 18.0 Å². The molecule has 1 fully saturated rings. The molecular formula is C20H21ClN2O4S. The van der Waals surface area contributed by atoms with Gasteiger partial charge in [-0.2, -0.15) is 0 Å². The molecule has 28 heavy (non-hydrogen) atoms. The summed E-state index contributed by atoms with van der Waals surface area (Å²) in [5.41, 5.74) is 1.06. The third-order valence-corrected chi connectivity index (χ3v) is 6.34. The molecule has 0 bridgehead atoms. The van der Waals surface area contributed by atoms with Gasteiger partial charge in [0.05, 0.1) is 11.8 Å². The molecule has 0 radical (unpaired) electrons. The van der Waals surface area contributed by atoms with E-state index in [0.29, 0.717) is 47.6 Å². The van der Waals surface area contributed by atoms with Crippen LogP contribution in [-0.2, 0) is 10.0 Å². The van der Waals surface area contributed by atoms with Crippen molar-refractivity contribution in [3.63, 3.8) is 0 Å². The molecule has 3 rings (SSSR count). The van der Waals surface area contributed by atoms with E-state index in [1.807, 2.05) is 0 Å². The lowest BCUT2D eigenvalue weighted by molar-refractivity contribution is 0.0914. The number of carbonyl (C=O) groups excluding carboxylic acids is 2. The van der Waals surface area contributed by atoms with Crippen molar-refractivity contribution < 1.29 is 18.0 Å². The predicted molar refractivity (Wildman–Crippen MR) is 108 cm³/mol. The van der Waals surface area contributed by atoms with Crippen LogP contribution in [0, 0.1) is 0 Å². The van der Waals surface area contributed by atoms with Gasteiger partial charge in [0.1, 0.15) is 0 Å². The van der Waals surface area contributed by atoms with Crippen LogP contribution in [0.3, 0.4) is 0 Å². The molecule has 1 heterocycles. The van der Waals surface area contributed by atoms with Gasteiger partial charge >= 0.3 is 0 Å². The van der Waals surface area contributed by atoms with Crippen molar-refractivity contribution in [1.29, 1.82) is 0 Å². The quantitative estimate of drug-likeness (QED) is 0.754. The third kappa shape index (κ3) is 4.79. The van der Waals surface area contributed by atoms with Gasteiger partial charge < -0.3 is 5.32 Å². The Morgan fingerprint density at radius 2 is 1.57 bits per heavy atom. The summed E-state index contributed by atoms with van der Waals surface area (Å²) < 4.78 is 24.6. The topological polar surface area (TPSA) is 83.6 Å². The summed E-state index contributed by atoms with van der Waals surface area (Å²) in [6, 6.07) is 13.0. The molecule has 6 nitrogen and oxygen atoms in total. The first-order valence-corrected chi connectivity index (χ1v) is 11.1. The lowest BCUT2D eigenvalue weighted by Crippen LogP contribution is -2.46. The highest BCUT2D eigenvalue weighted by Crippen LogP contribution is 2.19. The van der Waals surface area contributed by atoms with Crippen LogP contribution in [0.5, 0.6) is 0 Å². The van der Waals surface area contributed by atoms with Crippen LogP contribution in [0.15, 0.2) is 48.5 Å². The number of ketones is 1. The molecule has 0 aliphatic carbocycles. The zero-order valence-electron chi connectivity index (χ0n) is 15.4. The first-order valence-electron chi connectivity index (χ1n) is 8.91. The number of amides is 1. The van der Waals surface area contributed by atoms with Crippen molar-refractivity contribution in [1.82, 2.24) is 9.62 Å². The number of carbonyl (C=O) groups is 2. The number of nitrogens with zero attached hydrogens (tertiary/aromatic N) is 1. The molecule has 2 aromatic rings. The van der Waals surface area contributed by atoms with Crippen molar-refractivity contribution in [2.75, 3.05) is 19.3 Å². The summed E-state index contributed by atoms with van der Waals surface area (Å²) in [5.74, 6) is -0.593. The molecule has 2 aromatic carbocycles. The van der Waals surface area contributed by atoms with E-state index in [1.165, 1.54) is 10.6 Å². The molecule has 148 valence electrons. The molecule has 0 spiro atoms. The molecule has 0 atom stereocenters. The normalized spacial score (nSPS) is 15.9. The maximum absolute atomic E-state index is 12.8. The largest absolute Gasteiger partial charge is 0.349 e. The lowest BCUT2D eigenvalue weighted by Gasteiger charge is -2.30. The van der Waals surface area contributed by atoms with Crippen LogP contribution in [0.1, 0.15) is 39.1 Å². The predicted octanol–water partition coefficient (Wildman–Crippen LogP) is 2.72. The van der Waals surface area contributed by atoms with Crippen molar-refractivity contribution in [3.8, 4) is 0 Å². The maximum Gasteiger partial charge on any atom is 0.252 e. The highest BCUT2D eigenvalue weighted by molar-refractivity contribution is 7.88. The van der Waals surface area contributed by atoms with Crippen molar-refractivity contribution in [2.24, 2.45) is 0 Å². The van der Waals surface area contributed by atoms with Gasteiger partial charge in [-0.05, 0) is 43.2 Å². The van der Waals surface area contributed by atoms with Gasteiger partial charge in [0, 0.05) is 35.3 Å². The Kier molecular flexibility index (Phi) is 6.17. The number of sulfonamides is 1. The minimum atomic E-state index is -3.22. The number of nitrogens with one attached hydrogen (secondary N) is 1. The number of piperidine rings is 1. The highest BCUT2D eigenvalue weighted by atomic mass is 35.5. The van der Waals surface area contributed by atoms with Crippen molar-refractivity contribution >= 4 is 33.3 Å². The highest BCUT2D eigenvalue weighted by Gasteiger charge is 2.27. The van der Waals surface area contributed by atoms with Crippen LogP contribution >= 0.6 is 11.6 Å². The van der Waals surface area contributed by atoms with Crippen molar-refractivity contribution in [2.45, 2.75) is 18.9 Å². The molecule has 1 N–H and O–H groups in total. The van der Waals surface area contributed by atoms with Crippen LogP contribution in [0.2, 0.25) is 5.02 Å². The van der Waals surface area contributed by atoms with Crippen molar-refractivity contribution in [3.05, 3.63) is 70.2 Å². The minimum Gasteiger partial charge on any atom is -0.349 e. The maximum atomic E-state index is 12.8. The van der Waals surface area contributed by atoms with Gasteiger partial charge in [-0.1, -0.05) is 29.8 Å². The summed E-state index contributed by atoms with van der Waals surface area (Å²) >= 11 is 5.87. The molecule has 0 unspecified atom stereocenters. The van der Waals surface area contributed by atoms with Gasteiger partial charge in [-0.15, -0.1) is 0 Å². The monoisotopic (exact) mass is 420 g/mol. The van der Waals surface area contributed by atoms with E-state index in [-0.39, 0.29) is 17.7 Å². The Hall–Kier alpha value is -2.22. The summed E-state index contributed by atoms with van der Waals surface area (Å²) in [5, 5.41) is 3.46. The number of halogens is 1. The number of rotatable bonds is 5. The standard InChI is InChI=1S/C20H21ClN2O4S/c1-28(26,27)23-12-10-16(11-13-23)22-20(25)18-5-3-2-4-17(18)19(24)14-6-8-15(21)9-7-14/h2-9,16H,10-13H2,1H3,(H,22,25). The van der Waals surface area contributed by atoms with Gasteiger partial charge in [-0.3, -0.25) is 9.59 Å². The van der Waals surface area contributed by atoms with Crippen LogP contribution in [-0.4, -0.2) is 49.8 Å². The molecule has 1 aliphatic rings. The average molecular weight is 421 g/mol. The second-order valence-electron chi connectivity index (χ2n) is 6.79. The number of benzene rings is 2. The van der Waals surface area contributed by atoms with Gasteiger partial charge in [0.25, 0.3) is 5.91 Å².